The van der Waals surface area contributed by atoms with Crippen molar-refractivity contribution in [3.8, 4) is 0 Å². The van der Waals surface area contributed by atoms with E-state index < -0.39 is 0 Å². The van der Waals surface area contributed by atoms with E-state index >= 15 is 0 Å². The minimum Gasteiger partial charge on any atom is -0.347 e. The topological polar surface area (TPSA) is 42.3 Å². The summed E-state index contributed by atoms with van der Waals surface area (Å²) in [6, 6.07) is 7.91. The van der Waals surface area contributed by atoms with Crippen molar-refractivity contribution < 1.29 is 9.59 Å². The lowest BCUT2D eigenvalue weighted by Crippen LogP contribution is -2.45. The number of benzene rings is 1. The highest BCUT2D eigenvalue weighted by Gasteiger charge is 2.31. The molecule has 0 spiro atoms. The van der Waals surface area contributed by atoms with E-state index in [4.69, 9.17) is 0 Å². The number of hydrogen-bond donors (Lipinski definition) is 0. The first-order valence-corrected chi connectivity index (χ1v) is 7.91. The molecule has 0 aliphatic carbocycles. The van der Waals surface area contributed by atoms with Crippen molar-refractivity contribution in [2.24, 2.45) is 7.05 Å². The number of hydrogen-bond acceptors (Lipinski definition) is 2. The summed E-state index contributed by atoms with van der Waals surface area (Å²) < 4.78 is 1.98. The van der Waals surface area contributed by atoms with Crippen molar-refractivity contribution in [1.82, 2.24) is 9.47 Å². The van der Waals surface area contributed by atoms with Gasteiger partial charge < -0.3 is 9.47 Å². The number of Topliss-reactive ketones (excluding diaryl/α,β-unsaturated/α-hetero) is 1. The Morgan fingerprint density at radius 3 is 2.64 bits per heavy atom. The maximum absolute atomic E-state index is 12.8. The molecule has 0 N–H and O–H groups in total. The molecular formula is C18H22N2O2. The average Bonchev–Trinajstić information content (AvgIpc) is 2.78. The molecule has 1 saturated heterocycles. The number of fused-ring (bicyclic) bond motifs is 1. The van der Waals surface area contributed by atoms with E-state index in [1.165, 1.54) is 0 Å². The van der Waals surface area contributed by atoms with E-state index in [-0.39, 0.29) is 17.7 Å². The molecule has 1 unspecified atom stereocenters. The molecule has 1 atom stereocenters. The minimum atomic E-state index is -0.372. The van der Waals surface area contributed by atoms with Crippen molar-refractivity contribution in [3.05, 3.63) is 35.5 Å². The lowest BCUT2D eigenvalue weighted by Gasteiger charge is -2.32. The molecule has 2 aromatic rings. The van der Waals surface area contributed by atoms with Crippen LogP contribution in [0.5, 0.6) is 0 Å². The summed E-state index contributed by atoms with van der Waals surface area (Å²) in [5.74, 6) is -0.727. The molecule has 0 saturated carbocycles. The minimum absolute atomic E-state index is 0.153. The number of nitrogens with zero attached hydrogens (tertiary/aromatic N) is 2. The van der Waals surface area contributed by atoms with Gasteiger partial charge in [-0.3, -0.25) is 9.59 Å². The number of aryl methyl sites for hydroxylation is 1. The second kappa shape index (κ2) is 5.59. The number of likely N-dealkylation sites (tertiary alicyclic amines) is 1. The first-order chi connectivity index (χ1) is 10.5. The van der Waals surface area contributed by atoms with Crippen molar-refractivity contribution in [1.29, 1.82) is 0 Å². The summed E-state index contributed by atoms with van der Waals surface area (Å²) in [5, 5.41) is 0.866. The van der Waals surface area contributed by atoms with Crippen LogP contribution >= 0.6 is 0 Å². The third-order valence-electron chi connectivity index (χ3n) is 4.88. The first kappa shape index (κ1) is 14.8. The molecule has 3 rings (SSSR count). The molecule has 2 heterocycles. The molecule has 0 bridgehead atoms. The third kappa shape index (κ3) is 2.23. The maximum Gasteiger partial charge on any atom is 0.295 e. The summed E-state index contributed by atoms with van der Waals surface area (Å²) in [7, 11) is 1.93. The Hall–Kier alpha value is -2.10. The lowest BCUT2D eigenvalue weighted by atomic mass is 10.0. The summed E-state index contributed by atoms with van der Waals surface area (Å²) >= 11 is 0. The SMILES string of the molecule is Cc1c(C(=O)C(=O)N2CCCCC2C)c2ccccc2n1C. The molecule has 116 valence electrons. The Morgan fingerprint density at radius 1 is 1.18 bits per heavy atom. The zero-order chi connectivity index (χ0) is 15.9. The van der Waals surface area contributed by atoms with Crippen molar-refractivity contribution >= 4 is 22.6 Å². The smallest absolute Gasteiger partial charge is 0.295 e. The Bertz CT molecular complexity index is 745. The number of amides is 1. The van der Waals surface area contributed by atoms with Crippen molar-refractivity contribution in [2.45, 2.75) is 39.2 Å². The van der Waals surface area contributed by atoms with E-state index in [0.29, 0.717) is 12.1 Å². The lowest BCUT2D eigenvalue weighted by molar-refractivity contribution is -0.129. The fourth-order valence-corrected chi connectivity index (χ4v) is 3.44. The van der Waals surface area contributed by atoms with Crippen molar-refractivity contribution in [3.63, 3.8) is 0 Å². The molecule has 22 heavy (non-hydrogen) atoms. The van der Waals surface area contributed by atoms with Crippen LogP contribution in [0.1, 0.15) is 42.2 Å². The van der Waals surface area contributed by atoms with Crippen LogP contribution in [0.25, 0.3) is 10.9 Å². The predicted octanol–water partition coefficient (Wildman–Crippen LogP) is 3.07. The summed E-state index contributed by atoms with van der Waals surface area (Å²) in [4.78, 5) is 27.3. The van der Waals surface area contributed by atoms with Gasteiger partial charge in [0.1, 0.15) is 0 Å². The van der Waals surface area contributed by atoms with Crippen molar-refractivity contribution in [2.75, 3.05) is 6.54 Å². The van der Waals surface area contributed by atoms with Gasteiger partial charge in [-0.15, -0.1) is 0 Å². The van der Waals surface area contributed by atoms with E-state index in [1.54, 1.807) is 4.90 Å². The molecule has 1 fully saturated rings. The Labute approximate surface area is 130 Å². The summed E-state index contributed by atoms with van der Waals surface area (Å²) in [6.45, 7) is 4.62. The van der Waals surface area contributed by atoms with E-state index in [1.807, 2.05) is 49.7 Å². The van der Waals surface area contributed by atoms with Crippen LogP contribution in [0.2, 0.25) is 0 Å². The number of ketones is 1. The molecule has 1 aliphatic rings. The fraction of sp³-hybridized carbons (Fsp3) is 0.444. The molecule has 1 amide bonds. The Balaban J connectivity index is 2.02. The first-order valence-electron chi connectivity index (χ1n) is 7.91. The van der Waals surface area contributed by atoms with E-state index in [0.717, 1.165) is 35.9 Å². The standard InChI is InChI=1S/C18H22N2O2/c1-12-8-6-7-11-20(12)18(22)17(21)16-13(2)19(3)15-10-5-4-9-14(15)16/h4-5,9-10,12H,6-8,11H2,1-3H3. The highest BCUT2D eigenvalue weighted by molar-refractivity contribution is 6.45. The zero-order valence-electron chi connectivity index (χ0n) is 13.4. The molecule has 4 heteroatoms. The van der Waals surface area contributed by atoms with Crippen LogP contribution in [0, 0.1) is 6.92 Å². The largest absolute Gasteiger partial charge is 0.347 e. The zero-order valence-corrected chi connectivity index (χ0v) is 13.4. The van der Waals surface area contributed by atoms with Gasteiger partial charge in [-0.25, -0.2) is 0 Å². The molecule has 1 aromatic heterocycles. The number of carbonyl (C=O) groups excluding carboxylic acids is 2. The van der Waals surface area contributed by atoms with Gasteiger partial charge in [0, 0.05) is 36.2 Å². The molecule has 1 aliphatic heterocycles. The Kier molecular flexibility index (Phi) is 3.77. The molecule has 1 aromatic carbocycles. The summed E-state index contributed by atoms with van der Waals surface area (Å²) in [5.41, 5.74) is 2.40. The number of para-hydroxylation sites is 1. The van der Waals surface area contributed by atoms with Crippen LogP contribution in [0.4, 0.5) is 0 Å². The van der Waals surface area contributed by atoms with E-state index in [2.05, 4.69) is 0 Å². The number of aromatic nitrogens is 1. The number of rotatable bonds is 2. The van der Waals surface area contributed by atoms with Crippen LogP contribution in [0.3, 0.4) is 0 Å². The van der Waals surface area contributed by atoms with Crippen LogP contribution in [-0.2, 0) is 11.8 Å². The maximum atomic E-state index is 12.8. The normalized spacial score (nSPS) is 18.7. The van der Waals surface area contributed by atoms with E-state index in [9.17, 15) is 9.59 Å². The van der Waals surface area contributed by atoms with Gasteiger partial charge in [0.05, 0.1) is 5.56 Å². The summed E-state index contributed by atoms with van der Waals surface area (Å²) in [6.07, 6.45) is 3.10. The van der Waals surface area contributed by atoms with Gasteiger partial charge in [0.25, 0.3) is 11.7 Å². The monoisotopic (exact) mass is 298 g/mol. The average molecular weight is 298 g/mol. The van der Waals surface area contributed by atoms with Crippen LogP contribution in [-0.4, -0.2) is 33.7 Å². The second-order valence-electron chi connectivity index (χ2n) is 6.21. The van der Waals surface area contributed by atoms with Crippen LogP contribution < -0.4 is 0 Å². The van der Waals surface area contributed by atoms with Gasteiger partial charge in [0.2, 0.25) is 0 Å². The number of carbonyl (C=O) groups is 2. The fourth-order valence-electron chi connectivity index (χ4n) is 3.44. The molecular weight excluding hydrogens is 276 g/mol. The molecule has 0 radical (unpaired) electrons. The second-order valence-corrected chi connectivity index (χ2v) is 6.21. The van der Waals surface area contributed by atoms with Gasteiger partial charge in [0.15, 0.2) is 0 Å². The predicted molar refractivity (Wildman–Crippen MR) is 87.0 cm³/mol. The van der Waals surface area contributed by atoms with Crippen LogP contribution in [0.15, 0.2) is 24.3 Å². The van der Waals surface area contributed by atoms with Gasteiger partial charge >= 0.3 is 0 Å². The highest BCUT2D eigenvalue weighted by atomic mass is 16.2. The highest BCUT2D eigenvalue weighted by Crippen LogP contribution is 2.26. The van der Waals surface area contributed by atoms with Gasteiger partial charge in [-0.05, 0) is 39.2 Å². The Morgan fingerprint density at radius 2 is 1.91 bits per heavy atom. The molecule has 4 nitrogen and oxygen atoms in total. The third-order valence-corrected chi connectivity index (χ3v) is 4.88. The van der Waals surface area contributed by atoms with Gasteiger partial charge in [-0.2, -0.15) is 0 Å². The van der Waals surface area contributed by atoms with Gasteiger partial charge in [-0.1, -0.05) is 18.2 Å². The quantitative estimate of drug-likeness (QED) is 0.631. The number of piperidine rings is 1.